The van der Waals surface area contributed by atoms with Gasteiger partial charge in [-0.25, -0.2) is 0 Å². The highest BCUT2D eigenvalue weighted by atomic mass is 16.5. The van der Waals surface area contributed by atoms with Crippen LogP contribution in [-0.4, -0.2) is 43.7 Å². The number of fused-ring (bicyclic) bond motifs is 1. The molecule has 0 spiro atoms. The first-order valence-corrected chi connectivity index (χ1v) is 7.70. The van der Waals surface area contributed by atoms with Crippen molar-refractivity contribution in [2.45, 2.75) is 25.8 Å². The molecule has 1 N–H and O–H groups in total. The molecule has 2 aliphatic rings. The maximum Gasteiger partial charge on any atom is 0.118 e. The second-order valence-corrected chi connectivity index (χ2v) is 6.72. The molecule has 2 saturated heterocycles. The number of nitrogens with one attached hydrogen (secondary N) is 1. The summed E-state index contributed by atoms with van der Waals surface area (Å²) in [7, 11) is 1.72. The minimum absolute atomic E-state index is 0.334. The van der Waals surface area contributed by atoms with Gasteiger partial charge in [-0.15, -0.1) is 0 Å². The highest BCUT2D eigenvalue weighted by Gasteiger charge is 2.48. The van der Waals surface area contributed by atoms with Crippen molar-refractivity contribution in [1.29, 1.82) is 0 Å². The minimum Gasteiger partial charge on any atom is -0.497 e. The maximum absolute atomic E-state index is 5.21. The van der Waals surface area contributed by atoms with Crippen LogP contribution in [0.3, 0.4) is 0 Å². The quantitative estimate of drug-likeness (QED) is 0.910. The number of hydrogen-bond donors (Lipinski definition) is 1. The number of methoxy groups -OCH3 is 1. The van der Waals surface area contributed by atoms with Gasteiger partial charge < -0.3 is 10.1 Å². The zero-order valence-electron chi connectivity index (χ0n) is 12.9. The highest BCUT2D eigenvalue weighted by molar-refractivity contribution is 5.27. The summed E-state index contributed by atoms with van der Waals surface area (Å²) >= 11 is 0. The fraction of sp³-hybridized carbons (Fsp3) is 0.647. The van der Waals surface area contributed by atoms with Crippen molar-refractivity contribution < 1.29 is 4.74 Å². The van der Waals surface area contributed by atoms with Crippen molar-refractivity contribution in [3.63, 3.8) is 0 Å². The molecule has 3 heteroatoms. The van der Waals surface area contributed by atoms with Gasteiger partial charge in [0.2, 0.25) is 0 Å². The van der Waals surface area contributed by atoms with E-state index in [9.17, 15) is 0 Å². The lowest BCUT2D eigenvalue weighted by Crippen LogP contribution is -2.45. The number of rotatable bonds is 4. The van der Waals surface area contributed by atoms with E-state index in [4.69, 9.17) is 4.74 Å². The van der Waals surface area contributed by atoms with Gasteiger partial charge >= 0.3 is 0 Å². The van der Waals surface area contributed by atoms with E-state index >= 15 is 0 Å². The van der Waals surface area contributed by atoms with Crippen LogP contribution < -0.4 is 10.1 Å². The fourth-order valence-corrected chi connectivity index (χ4v) is 3.94. The van der Waals surface area contributed by atoms with Gasteiger partial charge in [0.25, 0.3) is 0 Å². The van der Waals surface area contributed by atoms with E-state index in [-0.39, 0.29) is 0 Å². The molecule has 2 heterocycles. The second-order valence-electron chi connectivity index (χ2n) is 6.72. The van der Waals surface area contributed by atoms with Crippen molar-refractivity contribution in [3.05, 3.63) is 29.8 Å². The largest absolute Gasteiger partial charge is 0.497 e. The summed E-state index contributed by atoms with van der Waals surface area (Å²) in [6.45, 7) is 9.63. The van der Waals surface area contributed by atoms with E-state index in [1.54, 1.807) is 7.11 Å². The van der Waals surface area contributed by atoms with Crippen molar-refractivity contribution >= 4 is 0 Å². The summed E-state index contributed by atoms with van der Waals surface area (Å²) in [5, 5.41) is 3.55. The molecule has 0 amide bonds. The fourth-order valence-electron chi connectivity index (χ4n) is 3.94. The van der Waals surface area contributed by atoms with E-state index in [2.05, 4.69) is 48.3 Å². The predicted molar refractivity (Wildman–Crippen MR) is 82.2 cm³/mol. The Hall–Kier alpha value is -1.06. The summed E-state index contributed by atoms with van der Waals surface area (Å²) in [4.78, 5) is 2.69. The Morgan fingerprint density at radius 1 is 1.25 bits per heavy atom. The standard InChI is InChI=1S/C17H26N2O/c1-17(2)16-11-18-10-14(16)12-19(17)9-8-13-4-6-15(20-3)7-5-13/h4-7,14,16,18H,8-12H2,1-3H3. The average Bonchev–Trinajstić information content (AvgIpc) is 3.00. The smallest absolute Gasteiger partial charge is 0.118 e. The van der Waals surface area contributed by atoms with Crippen LogP contribution in [0.2, 0.25) is 0 Å². The third-order valence-electron chi connectivity index (χ3n) is 5.35. The Labute approximate surface area is 122 Å². The van der Waals surface area contributed by atoms with Crippen LogP contribution in [0.1, 0.15) is 19.4 Å². The molecule has 3 nitrogen and oxygen atoms in total. The third kappa shape index (κ3) is 2.45. The summed E-state index contributed by atoms with van der Waals surface area (Å²) in [6, 6.07) is 8.49. The number of nitrogens with zero attached hydrogens (tertiary/aromatic N) is 1. The molecule has 1 aromatic carbocycles. The Morgan fingerprint density at radius 2 is 2.00 bits per heavy atom. The molecule has 2 unspecified atom stereocenters. The average molecular weight is 274 g/mol. The predicted octanol–water partition coefficient (Wildman–Crippen LogP) is 2.17. The van der Waals surface area contributed by atoms with Gasteiger partial charge in [-0.05, 0) is 56.3 Å². The second kappa shape index (κ2) is 5.38. The monoisotopic (exact) mass is 274 g/mol. The van der Waals surface area contributed by atoms with Crippen molar-refractivity contribution in [3.8, 4) is 5.75 Å². The van der Waals surface area contributed by atoms with Crippen molar-refractivity contribution in [2.24, 2.45) is 11.8 Å². The summed E-state index contributed by atoms with van der Waals surface area (Å²) < 4.78 is 5.21. The van der Waals surface area contributed by atoms with Gasteiger partial charge in [-0.1, -0.05) is 12.1 Å². The number of benzene rings is 1. The van der Waals surface area contributed by atoms with Crippen LogP contribution in [0.4, 0.5) is 0 Å². The molecule has 1 aromatic rings. The van der Waals surface area contributed by atoms with E-state index < -0.39 is 0 Å². The number of likely N-dealkylation sites (tertiary alicyclic amines) is 1. The normalized spacial score (nSPS) is 28.6. The highest BCUT2D eigenvalue weighted by Crippen LogP contribution is 2.40. The number of ether oxygens (including phenoxy) is 1. The van der Waals surface area contributed by atoms with Gasteiger partial charge in [-0.3, -0.25) is 4.90 Å². The summed E-state index contributed by atoms with van der Waals surface area (Å²) in [6.07, 6.45) is 1.13. The third-order valence-corrected chi connectivity index (χ3v) is 5.35. The van der Waals surface area contributed by atoms with Gasteiger partial charge in [0.05, 0.1) is 7.11 Å². The molecule has 0 bridgehead atoms. The summed E-state index contributed by atoms with van der Waals surface area (Å²) in [5.41, 5.74) is 1.73. The van der Waals surface area contributed by atoms with Gasteiger partial charge in [0.1, 0.15) is 5.75 Å². The van der Waals surface area contributed by atoms with Crippen LogP contribution in [0.25, 0.3) is 0 Å². The molecule has 0 saturated carbocycles. The number of hydrogen-bond acceptors (Lipinski definition) is 3. The Bertz CT molecular complexity index is 455. The molecular formula is C17H26N2O. The molecular weight excluding hydrogens is 248 g/mol. The van der Waals surface area contributed by atoms with E-state index in [1.165, 1.54) is 25.2 Å². The minimum atomic E-state index is 0.334. The Balaban J connectivity index is 1.60. The first-order valence-electron chi connectivity index (χ1n) is 7.70. The lowest BCUT2D eigenvalue weighted by molar-refractivity contribution is 0.141. The molecule has 2 fully saturated rings. The van der Waals surface area contributed by atoms with E-state index in [1.807, 2.05) is 0 Å². The summed E-state index contributed by atoms with van der Waals surface area (Å²) in [5.74, 6) is 2.61. The first kappa shape index (κ1) is 13.9. The van der Waals surface area contributed by atoms with Gasteiger partial charge in [0.15, 0.2) is 0 Å². The first-order chi connectivity index (χ1) is 9.61. The van der Waals surface area contributed by atoms with Crippen LogP contribution in [-0.2, 0) is 6.42 Å². The SMILES string of the molecule is COc1ccc(CCN2CC3CNCC3C2(C)C)cc1. The molecule has 20 heavy (non-hydrogen) atoms. The Morgan fingerprint density at radius 3 is 2.65 bits per heavy atom. The zero-order valence-corrected chi connectivity index (χ0v) is 12.9. The van der Waals surface area contributed by atoms with E-state index in [0.29, 0.717) is 5.54 Å². The molecule has 2 aliphatic heterocycles. The van der Waals surface area contributed by atoms with Crippen molar-refractivity contribution in [2.75, 3.05) is 33.3 Å². The van der Waals surface area contributed by atoms with Crippen LogP contribution in [0, 0.1) is 11.8 Å². The van der Waals surface area contributed by atoms with E-state index in [0.717, 1.165) is 30.6 Å². The topological polar surface area (TPSA) is 24.5 Å². The van der Waals surface area contributed by atoms with Crippen LogP contribution >= 0.6 is 0 Å². The van der Waals surface area contributed by atoms with Crippen LogP contribution in [0.15, 0.2) is 24.3 Å². The lowest BCUT2D eigenvalue weighted by Gasteiger charge is -2.35. The molecule has 2 atom stereocenters. The maximum atomic E-state index is 5.21. The van der Waals surface area contributed by atoms with Gasteiger partial charge in [-0.2, -0.15) is 0 Å². The lowest BCUT2D eigenvalue weighted by atomic mass is 9.85. The molecule has 0 aliphatic carbocycles. The molecule has 3 rings (SSSR count). The zero-order chi connectivity index (χ0) is 14.2. The molecule has 0 aromatic heterocycles. The van der Waals surface area contributed by atoms with Crippen LogP contribution in [0.5, 0.6) is 5.75 Å². The Kier molecular flexibility index (Phi) is 3.74. The molecule has 110 valence electrons. The van der Waals surface area contributed by atoms with Crippen molar-refractivity contribution in [1.82, 2.24) is 10.2 Å². The molecule has 0 radical (unpaired) electrons. The van der Waals surface area contributed by atoms with Gasteiger partial charge in [0, 0.05) is 25.2 Å².